The van der Waals surface area contributed by atoms with Gasteiger partial charge in [0.1, 0.15) is 11.5 Å². The molecule has 5 nitrogen and oxygen atoms in total. The van der Waals surface area contributed by atoms with Crippen molar-refractivity contribution in [3.05, 3.63) is 23.8 Å². The van der Waals surface area contributed by atoms with E-state index >= 15 is 0 Å². The molecular weight excluding hydrogens is 244 g/mol. The lowest BCUT2D eigenvalue weighted by molar-refractivity contribution is 0.0770. The van der Waals surface area contributed by atoms with E-state index in [2.05, 4.69) is 11.9 Å². The van der Waals surface area contributed by atoms with E-state index in [0.717, 1.165) is 19.5 Å². The normalized spacial score (nSPS) is 19.6. The van der Waals surface area contributed by atoms with Gasteiger partial charge in [-0.05, 0) is 44.1 Å². The molecule has 1 unspecified atom stereocenters. The first kappa shape index (κ1) is 13.7. The molecule has 0 aliphatic carbocycles. The minimum Gasteiger partial charge on any atom is -0.508 e. The van der Waals surface area contributed by atoms with E-state index in [4.69, 9.17) is 0 Å². The van der Waals surface area contributed by atoms with E-state index < -0.39 is 0 Å². The third-order valence-corrected chi connectivity index (χ3v) is 3.58. The van der Waals surface area contributed by atoms with Crippen molar-refractivity contribution in [1.82, 2.24) is 9.80 Å². The molecule has 0 bridgehead atoms. The van der Waals surface area contributed by atoms with Crippen molar-refractivity contribution in [2.24, 2.45) is 5.92 Å². The summed E-state index contributed by atoms with van der Waals surface area (Å²) in [5.74, 6) is 0.0923. The average molecular weight is 264 g/mol. The Morgan fingerprint density at radius 2 is 2.21 bits per heavy atom. The summed E-state index contributed by atoms with van der Waals surface area (Å²) in [6.45, 7) is 2.71. The second-order valence-electron chi connectivity index (χ2n) is 5.30. The number of carbonyl (C=O) groups is 1. The van der Waals surface area contributed by atoms with Gasteiger partial charge in [-0.1, -0.05) is 0 Å². The summed E-state index contributed by atoms with van der Waals surface area (Å²) in [6, 6.07) is 3.99. The molecule has 1 saturated heterocycles. The number of hydrogen-bond acceptors (Lipinski definition) is 4. The first-order valence-corrected chi connectivity index (χ1v) is 6.43. The van der Waals surface area contributed by atoms with Crippen LogP contribution in [0.2, 0.25) is 0 Å². The molecule has 104 valence electrons. The number of carbonyl (C=O) groups excluding carboxylic acids is 1. The van der Waals surface area contributed by atoms with Crippen LogP contribution >= 0.6 is 0 Å². The highest BCUT2D eigenvalue weighted by molar-refractivity contribution is 5.97. The molecule has 1 amide bonds. The SMILES string of the molecule is CN1CCC(CN(C)C(=O)c2cc(O)ccc2O)C1. The van der Waals surface area contributed by atoms with Crippen LogP contribution in [0.25, 0.3) is 0 Å². The van der Waals surface area contributed by atoms with Crippen LogP contribution in [0.4, 0.5) is 0 Å². The van der Waals surface area contributed by atoms with Gasteiger partial charge >= 0.3 is 0 Å². The predicted molar refractivity (Wildman–Crippen MR) is 72.3 cm³/mol. The monoisotopic (exact) mass is 264 g/mol. The molecule has 0 spiro atoms. The zero-order valence-corrected chi connectivity index (χ0v) is 11.3. The standard InChI is InChI=1S/C14H20N2O3/c1-15-6-5-10(8-15)9-16(2)14(19)12-7-11(17)3-4-13(12)18/h3-4,7,10,17-18H,5-6,8-9H2,1-2H3. The third-order valence-electron chi connectivity index (χ3n) is 3.58. The summed E-state index contributed by atoms with van der Waals surface area (Å²) in [7, 11) is 3.80. The molecule has 1 aliphatic rings. The third kappa shape index (κ3) is 3.17. The molecule has 2 N–H and O–H groups in total. The summed E-state index contributed by atoms with van der Waals surface area (Å²) in [5.41, 5.74) is 0.147. The fourth-order valence-electron chi connectivity index (χ4n) is 2.55. The highest BCUT2D eigenvalue weighted by Crippen LogP contribution is 2.24. The number of likely N-dealkylation sites (tertiary alicyclic amines) is 1. The zero-order chi connectivity index (χ0) is 14.0. The van der Waals surface area contributed by atoms with E-state index in [1.807, 2.05) is 0 Å². The Bertz CT molecular complexity index is 476. The molecule has 2 rings (SSSR count). The zero-order valence-electron chi connectivity index (χ0n) is 11.3. The van der Waals surface area contributed by atoms with Gasteiger partial charge in [-0.2, -0.15) is 0 Å². The Labute approximate surface area is 113 Å². The molecule has 1 aromatic rings. The van der Waals surface area contributed by atoms with Crippen molar-refractivity contribution in [3.8, 4) is 11.5 Å². The number of aromatic hydroxyl groups is 2. The van der Waals surface area contributed by atoms with Gasteiger partial charge < -0.3 is 20.0 Å². The minimum atomic E-state index is -0.261. The largest absolute Gasteiger partial charge is 0.508 e. The molecule has 5 heteroatoms. The van der Waals surface area contributed by atoms with Crippen molar-refractivity contribution in [2.75, 3.05) is 33.7 Å². The van der Waals surface area contributed by atoms with Crippen LogP contribution in [-0.2, 0) is 0 Å². The van der Waals surface area contributed by atoms with Crippen molar-refractivity contribution in [3.63, 3.8) is 0 Å². The average Bonchev–Trinajstić information content (AvgIpc) is 2.77. The fraction of sp³-hybridized carbons (Fsp3) is 0.500. The Morgan fingerprint density at radius 3 is 2.84 bits per heavy atom. The molecule has 0 aromatic heterocycles. The summed E-state index contributed by atoms with van der Waals surface area (Å²) in [6.07, 6.45) is 1.08. The number of benzene rings is 1. The van der Waals surface area contributed by atoms with Crippen LogP contribution in [0, 0.1) is 5.92 Å². The summed E-state index contributed by atoms with van der Waals surface area (Å²) >= 11 is 0. The smallest absolute Gasteiger partial charge is 0.257 e. The van der Waals surface area contributed by atoms with Crippen LogP contribution < -0.4 is 0 Å². The Balaban J connectivity index is 2.04. The predicted octanol–water partition coefficient (Wildman–Crippen LogP) is 1.12. The lowest BCUT2D eigenvalue weighted by Gasteiger charge is -2.21. The molecule has 1 aromatic carbocycles. The molecule has 1 atom stereocenters. The van der Waals surface area contributed by atoms with E-state index in [-0.39, 0.29) is 23.0 Å². The van der Waals surface area contributed by atoms with Crippen molar-refractivity contribution in [2.45, 2.75) is 6.42 Å². The van der Waals surface area contributed by atoms with E-state index in [0.29, 0.717) is 12.5 Å². The fourth-order valence-corrected chi connectivity index (χ4v) is 2.55. The van der Waals surface area contributed by atoms with Crippen LogP contribution in [0.1, 0.15) is 16.8 Å². The van der Waals surface area contributed by atoms with Crippen LogP contribution in [0.15, 0.2) is 18.2 Å². The Kier molecular flexibility index (Phi) is 3.95. The van der Waals surface area contributed by atoms with Gasteiger partial charge in [0.2, 0.25) is 0 Å². The Morgan fingerprint density at radius 1 is 1.47 bits per heavy atom. The van der Waals surface area contributed by atoms with Crippen LogP contribution in [0.3, 0.4) is 0 Å². The second kappa shape index (κ2) is 5.48. The van der Waals surface area contributed by atoms with Crippen molar-refractivity contribution in [1.29, 1.82) is 0 Å². The lowest BCUT2D eigenvalue weighted by Crippen LogP contribution is -2.32. The number of phenolic OH excluding ortho intramolecular Hbond substituents is 2. The molecule has 1 aliphatic heterocycles. The molecule has 1 heterocycles. The maximum absolute atomic E-state index is 12.2. The second-order valence-corrected chi connectivity index (χ2v) is 5.30. The first-order chi connectivity index (χ1) is 8.97. The number of amides is 1. The molecule has 19 heavy (non-hydrogen) atoms. The molecule has 0 saturated carbocycles. The minimum absolute atomic E-state index is 0.0184. The number of hydrogen-bond donors (Lipinski definition) is 2. The molecular formula is C14H20N2O3. The van der Waals surface area contributed by atoms with Crippen molar-refractivity contribution >= 4 is 5.91 Å². The summed E-state index contributed by atoms with van der Waals surface area (Å²) in [4.78, 5) is 16.1. The molecule has 0 radical (unpaired) electrons. The van der Waals surface area contributed by atoms with Gasteiger partial charge in [0.25, 0.3) is 5.91 Å². The van der Waals surface area contributed by atoms with Gasteiger partial charge in [0.15, 0.2) is 0 Å². The number of rotatable bonds is 3. The maximum Gasteiger partial charge on any atom is 0.257 e. The topological polar surface area (TPSA) is 64.0 Å². The highest BCUT2D eigenvalue weighted by Gasteiger charge is 2.24. The summed E-state index contributed by atoms with van der Waals surface area (Å²) < 4.78 is 0. The number of phenols is 2. The van der Waals surface area contributed by atoms with E-state index in [9.17, 15) is 15.0 Å². The van der Waals surface area contributed by atoms with Crippen molar-refractivity contribution < 1.29 is 15.0 Å². The number of nitrogens with zero attached hydrogens (tertiary/aromatic N) is 2. The first-order valence-electron chi connectivity index (χ1n) is 6.43. The van der Waals surface area contributed by atoms with Gasteiger partial charge in [0, 0.05) is 20.1 Å². The van der Waals surface area contributed by atoms with Crippen LogP contribution in [-0.4, -0.2) is 59.6 Å². The van der Waals surface area contributed by atoms with E-state index in [1.54, 1.807) is 11.9 Å². The summed E-state index contributed by atoms with van der Waals surface area (Å²) in [5, 5.41) is 19.1. The highest BCUT2D eigenvalue weighted by atomic mass is 16.3. The Hall–Kier alpha value is -1.75. The van der Waals surface area contributed by atoms with Gasteiger partial charge in [-0.25, -0.2) is 0 Å². The lowest BCUT2D eigenvalue weighted by atomic mass is 10.1. The van der Waals surface area contributed by atoms with Crippen LogP contribution in [0.5, 0.6) is 11.5 Å². The maximum atomic E-state index is 12.2. The van der Waals surface area contributed by atoms with Gasteiger partial charge in [-0.15, -0.1) is 0 Å². The molecule has 1 fully saturated rings. The van der Waals surface area contributed by atoms with E-state index in [1.165, 1.54) is 18.2 Å². The van der Waals surface area contributed by atoms with Gasteiger partial charge in [0.05, 0.1) is 5.56 Å². The quantitative estimate of drug-likeness (QED) is 0.803. The van der Waals surface area contributed by atoms with Gasteiger partial charge in [-0.3, -0.25) is 4.79 Å².